The molecule has 0 bridgehead atoms. The number of hydrogen-bond donors (Lipinski definition) is 0. The van der Waals surface area contributed by atoms with Crippen LogP contribution >= 0.6 is 0 Å². The van der Waals surface area contributed by atoms with Crippen LogP contribution in [0.4, 0.5) is 0 Å². The molecule has 4 rings (SSSR count). The van der Waals surface area contributed by atoms with Crippen LogP contribution in [0.25, 0.3) is 28.0 Å². The maximum Gasteiger partial charge on any atom is 0.163 e. The van der Waals surface area contributed by atoms with Gasteiger partial charge in [0, 0.05) is 16.8 Å². The lowest BCUT2D eigenvalue weighted by molar-refractivity contribution is 0.415. The molecule has 4 aromatic rings. The molecule has 4 nitrogen and oxygen atoms in total. The fourth-order valence-electron chi connectivity index (χ4n) is 2.87. The Hall–Kier alpha value is -3.14. The quantitative estimate of drug-likeness (QED) is 0.563. The van der Waals surface area contributed by atoms with Crippen LogP contribution in [0.15, 0.2) is 66.9 Å². The van der Waals surface area contributed by atoms with E-state index in [1.54, 1.807) is 7.11 Å². The molecule has 0 aliphatic carbocycles. The van der Waals surface area contributed by atoms with Gasteiger partial charge in [0.2, 0.25) is 0 Å². The molecule has 4 heteroatoms. The van der Waals surface area contributed by atoms with Crippen molar-refractivity contribution in [3.05, 3.63) is 72.6 Å². The normalized spacial score (nSPS) is 10.9. The summed E-state index contributed by atoms with van der Waals surface area (Å²) in [5.74, 6) is 0.839. The van der Waals surface area contributed by atoms with Gasteiger partial charge < -0.3 is 4.74 Å². The molecule has 0 saturated heterocycles. The summed E-state index contributed by atoms with van der Waals surface area (Å²) in [7, 11) is 1.67. The van der Waals surface area contributed by atoms with E-state index >= 15 is 0 Å². The molecule has 0 spiro atoms. The van der Waals surface area contributed by atoms with Gasteiger partial charge in [-0.3, -0.25) is 0 Å². The first-order valence-electron chi connectivity index (χ1n) is 7.81. The first-order valence-corrected chi connectivity index (χ1v) is 7.81. The Kier molecular flexibility index (Phi) is 3.50. The van der Waals surface area contributed by atoms with Gasteiger partial charge in [0.05, 0.1) is 19.0 Å². The molecule has 0 N–H and O–H groups in total. The van der Waals surface area contributed by atoms with Crippen molar-refractivity contribution >= 4 is 5.65 Å². The van der Waals surface area contributed by atoms with E-state index in [1.165, 1.54) is 0 Å². The summed E-state index contributed by atoms with van der Waals surface area (Å²) in [6.45, 7) is 2.01. The number of ether oxygens (including phenoxy) is 1. The molecule has 2 aromatic carbocycles. The lowest BCUT2D eigenvalue weighted by Gasteiger charge is -2.08. The first kappa shape index (κ1) is 14.5. The molecule has 0 fully saturated rings. The van der Waals surface area contributed by atoms with Crippen molar-refractivity contribution in [3.8, 4) is 28.1 Å². The van der Waals surface area contributed by atoms with Crippen molar-refractivity contribution in [1.82, 2.24) is 14.6 Å². The lowest BCUT2D eigenvalue weighted by atomic mass is 10.1. The fourth-order valence-corrected chi connectivity index (χ4v) is 2.87. The summed E-state index contributed by atoms with van der Waals surface area (Å²) in [6.07, 6.45) is 1.88. The Morgan fingerprint density at radius 2 is 1.67 bits per heavy atom. The minimum atomic E-state index is 0.839. The second-order valence-corrected chi connectivity index (χ2v) is 5.67. The second-order valence-electron chi connectivity index (χ2n) is 5.67. The number of benzene rings is 2. The Morgan fingerprint density at radius 3 is 2.38 bits per heavy atom. The molecule has 0 unspecified atom stereocenters. The van der Waals surface area contributed by atoms with Crippen LogP contribution < -0.4 is 4.74 Å². The number of aromatic nitrogens is 3. The highest BCUT2D eigenvalue weighted by molar-refractivity contribution is 5.79. The highest BCUT2D eigenvalue weighted by Gasteiger charge is 2.13. The zero-order valence-electron chi connectivity index (χ0n) is 13.6. The van der Waals surface area contributed by atoms with Crippen LogP contribution in [0, 0.1) is 6.92 Å². The number of fused-ring (bicyclic) bond motifs is 1. The van der Waals surface area contributed by atoms with E-state index in [2.05, 4.69) is 23.3 Å². The molecule has 0 radical (unpaired) electrons. The highest BCUT2D eigenvalue weighted by atomic mass is 16.5. The van der Waals surface area contributed by atoms with Crippen molar-refractivity contribution in [2.24, 2.45) is 0 Å². The summed E-state index contributed by atoms with van der Waals surface area (Å²) < 4.78 is 7.14. The average Bonchev–Trinajstić information content (AvgIpc) is 3.05. The Bertz CT molecular complexity index is 989. The first-order chi connectivity index (χ1) is 11.8. The van der Waals surface area contributed by atoms with E-state index < -0.39 is 0 Å². The Balaban J connectivity index is 1.92. The molecule has 2 aromatic heterocycles. The van der Waals surface area contributed by atoms with E-state index in [1.807, 2.05) is 60.1 Å². The molecule has 24 heavy (non-hydrogen) atoms. The largest absolute Gasteiger partial charge is 0.497 e. The van der Waals surface area contributed by atoms with E-state index in [0.29, 0.717) is 0 Å². The van der Waals surface area contributed by atoms with Crippen LogP contribution in [0.3, 0.4) is 0 Å². The monoisotopic (exact) mass is 315 g/mol. The summed E-state index contributed by atoms with van der Waals surface area (Å²) in [5.41, 5.74) is 6.08. The average molecular weight is 315 g/mol. The third-order valence-electron chi connectivity index (χ3n) is 4.07. The van der Waals surface area contributed by atoms with Gasteiger partial charge in [-0.2, -0.15) is 5.10 Å². The standard InChI is InChI=1S/C20H17N3O/c1-14-12-19(16-8-10-17(24-2)11-9-16)23-20(22-14)18(13-21-23)15-6-4-3-5-7-15/h3-13H,1-2H3. The summed E-state index contributed by atoms with van der Waals surface area (Å²) in [5, 5.41) is 4.58. The van der Waals surface area contributed by atoms with E-state index in [9.17, 15) is 0 Å². The smallest absolute Gasteiger partial charge is 0.163 e. The lowest BCUT2D eigenvalue weighted by Crippen LogP contribution is -1.98. The van der Waals surface area contributed by atoms with Crippen LogP contribution in [0.1, 0.15) is 5.69 Å². The fraction of sp³-hybridized carbons (Fsp3) is 0.100. The van der Waals surface area contributed by atoms with Crippen molar-refractivity contribution in [1.29, 1.82) is 0 Å². The summed E-state index contributed by atoms with van der Waals surface area (Å²) >= 11 is 0. The molecule has 0 aliphatic heterocycles. The van der Waals surface area contributed by atoms with Crippen molar-refractivity contribution < 1.29 is 4.74 Å². The zero-order chi connectivity index (χ0) is 16.5. The highest BCUT2D eigenvalue weighted by Crippen LogP contribution is 2.28. The Morgan fingerprint density at radius 1 is 0.917 bits per heavy atom. The minimum absolute atomic E-state index is 0.839. The molecule has 0 atom stereocenters. The van der Waals surface area contributed by atoms with Gasteiger partial charge in [0.15, 0.2) is 5.65 Å². The minimum Gasteiger partial charge on any atom is -0.497 e. The summed E-state index contributed by atoms with van der Waals surface area (Å²) in [4.78, 5) is 4.71. The number of hydrogen-bond acceptors (Lipinski definition) is 3. The van der Waals surface area contributed by atoms with Crippen LogP contribution in [0.5, 0.6) is 5.75 Å². The number of rotatable bonds is 3. The SMILES string of the molecule is COc1ccc(-c2cc(C)nc3c(-c4ccccc4)cnn23)cc1. The molecule has 2 heterocycles. The van der Waals surface area contributed by atoms with Gasteiger partial charge in [-0.1, -0.05) is 30.3 Å². The maximum absolute atomic E-state index is 5.24. The van der Waals surface area contributed by atoms with Gasteiger partial charge in [-0.15, -0.1) is 0 Å². The van der Waals surface area contributed by atoms with E-state index in [0.717, 1.165) is 39.5 Å². The van der Waals surface area contributed by atoms with Crippen molar-refractivity contribution in [2.45, 2.75) is 6.92 Å². The van der Waals surface area contributed by atoms with Crippen molar-refractivity contribution in [2.75, 3.05) is 7.11 Å². The van der Waals surface area contributed by atoms with Gasteiger partial charge in [0.25, 0.3) is 0 Å². The predicted molar refractivity (Wildman–Crippen MR) is 95.1 cm³/mol. The van der Waals surface area contributed by atoms with Crippen LogP contribution in [-0.4, -0.2) is 21.7 Å². The number of methoxy groups -OCH3 is 1. The molecular weight excluding hydrogens is 298 g/mol. The molecule has 0 aliphatic rings. The van der Waals surface area contributed by atoms with Gasteiger partial charge in [-0.05, 0) is 42.8 Å². The van der Waals surface area contributed by atoms with E-state index in [4.69, 9.17) is 9.72 Å². The number of aryl methyl sites for hydroxylation is 1. The zero-order valence-corrected chi connectivity index (χ0v) is 13.6. The van der Waals surface area contributed by atoms with Gasteiger partial charge >= 0.3 is 0 Å². The number of nitrogens with zero attached hydrogens (tertiary/aromatic N) is 3. The van der Waals surface area contributed by atoms with E-state index in [-0.39, 0.29) is 0 Å². The third kappa shape index (κ3) is 2.42. The second kappa shape index (κ2) is 5.81. The topological polar surface area (TPSA) is 39.4 Å². The Labute approximate surface area is 140 Å². The third-order valence-corrected chi connectivity index (χ3v) is 4.07. The maximum atomic E-state index is 5.24. The van der Waals surface area contributed by atoms with Crippen LogP contribution in [0.2, 0.25) is 0 Å². The molecular formula is C20H17N3O. The van der Waals surface area contributed by atoms with Gasteiger partial charge in [0.1, 0.15) is 5.75 Å². The predicted octanol–water partition coefficient (Wildman–Crippen LogP) is 4.38. The van der Waals surface area contributed by atoms with Crippen LogP contribution in [-0.2, 0) is 0 Å². The van der Waals surface area contributed by atoms with Gasteiger partial charge in [-0.25, -0.2) is 9.50 Å². The molecule has 0 saturated carbocycles. The van der Waals surface area contributed by atoms with Crippen molar-refractivity contribution in [3.63, 3.8) is 0 Å². The molecule has 118 valence electrons. The summed E-state index contributed by atoms with van der Waals surface area (Å²) in [6, 6.07) is 20.3. The molecule has 0 amide bonds.